The van der Waals surface area contributed by atoms with Crippen molar-refractivity contribution in [2.24, 2.45) is 7.05 Å². The first-order chi connectivity index (χ1) is 19.5. The number of benzene rings is 3. The third-order valence-electron chi connectivity index (χ3n) is 6.40. The highest BCUT2D eigenvalue weighted by atomic mass is 32.2. The minimum atomic E-state index is -0.837. The molecule has 0 saturated carbocycles. The van der Waals surface area contributed by atoms with E-state index in [-0.39, 0.29) is 6.42 Å². The van der Waals surface area contributed by atoms with Crippen LogP contribution in [0.2, 0.25) is 0 Å². The highest BCUT2D eigenvalue weighted by Gasteiger charge is 2.13. The number of anilines is 1. The van der Waals surface area contributed by atoms with Crippen LogP contribution in [0.15, 0.2) is 99.7 Å². The first-order valence-corrected chi connectivity index (χ1v) is 14.7. The Labute approximate surface area is 241 Å². The van der Waals surface area contributed by atoms with E-state index in [2.05, 4.69) is 62.7 Å². The first-order valence-electron chi connectivity index (χ1n) is 12.9. The monoisotopic (exact) mass is 570 g/mol. The van der Waals surface area contributed by atoms with E-state index in [4.69, 9.17) is 9.84 Å². The summed E-state index contributed by atoms with van der Waals surface area (Å²) in [5.74, 6) is 0.906. The molecular weight excluding hydrogens is 541 g/mol. The van der Waals surface area contributed by atoms with Gasteiger partial charge in [-0.15, -0.1) is 10.2 Å². The van der Waals surface area contributed by atoms with Crippen LogP contribution in [0.3, 0.4) is 0 Å². The molecule has 2 N–H and O–H groups in total. The predicted octanol–water partition coefficient (Wildman–Crippen LogP) is 6.48. The van der Waals surface area contributed by atoms with Crippen molar-refractivity contribution in [2.45, 2.75) is 35.9 Å². The molecule has 2 heterocycles. The summed E-state index contributed by atoms with van der Waals surface area (Å²) < 4.78 is 8.36. The van der Waals surface area contributed by atoms with Crippen LogP contribution in [-0.4, -0.2) is 32.4 Å². The Kier molecular flexibility index (Phi) is 9.15. The van der Waals surface area contributed by atoms with E-state index >= 15 is 0 Å². The van der Waals surface area contributed by atoms with Crippen LogP contribution in [0, 0.1) is 0 Å². The molecule has 0 bridgehead atoms. The molecule has 0 unspecified atom stereocenters. The lowest BCUT2D eigenvalue weighted by molar-refractivity contribution is -0.136. The summed E-state index contributed by atoms with van der Waals surface area (Å²) in [5.41, 5.74) is 5.18. The predicted molar refractivity (Wildman–Crippen MR) is 159 cm³/mol. The van der Waals surface area contributed by atoms with E-state index < -0.39 is 5.97 Å². The van der Waals surface area contributed by atoms with Crippen molar-refractivity contribution >= 4 is 34.8 Å². The molecule has 0 radical (unpaired) electrons. The first kappa shape index (κ1) is 27.5. The van der Waals surface area contributed by atoms with Crippen molar-refractivity contribution in [2.75, 3.05) is 11.9 Å². The molecule has 0 aliphatic rings. The van der Waals surface area contributed by atoms with Crippen LogP contribution in [0.1, 0.15) is 28.1 Å². The summed E-state index contributed by atoms with van der Waals surface area (Å²) in [5, 5.41) is 26.3. The van der Waals surface area contributed by atoms with Gasteiger partial charge in [-0.2, -0.15) is 11.3 Å². The van der Waals surface area contributed by atoms with E-state index in [0.29, 0.717) is 13.2 Å². The van der Waals surface area contributed by atoms with Crippen molar-refractivity contribution < 1.29 is 14.6 Å². The van der Waals surface area contributed by atoms with E-state index in [1.807, 2.05) is 54.1 Å². The summed E-state index contributed by atoms with van der Waals surface area (Å²) in [4.78, 5) is 12.0. The van der Waals surface area contributed by atoms with Gasteiger partial charge in [0.25, 0.3) is 0 Å². The van der Waals surface area contributed by atoms with Gasteiger partial charge >= 0.3 is 5.97 Å². The maximum Gasteiger partial charge on any atom is 0.307 e. The number of carbonyl (C=O) groups is 1. The molecule has 40 heavy (non-hydrogen) atoms. The number of aromatic nitrogens is 3. The van der Waals surface area contributed by atoms with Gasteiger partial charge in [-0.1, -0.05) is 48.5 Å². The lowest BCUT2D eigenvalue weighted by Gasteiger charge is -2.15. The minimum absolute atomic E-state index is 0.0137. The standard InChI is InChI=1S/C31H30N4O3S2/c1-35-29(17-24-14-16-39-21-24)33-34-31(35)40-27-12-9-25(20-32-26-10-7-23(8-11-26)18-30(36)37)28(19-27)38-15-13-22-5-3-2-4-6-22/h2-12,14,16,19,21,32H,13,15,17-18,20H2,1H3,(H,36,37). The molecule has 0 amide bonds. The number of ether oxygens (including phenoxy) is 1. The number of rotatable bonds is 13. The summed E-state index contributed by atoms with van der Waals surface area (Å²) >= 11 is 3.25. The zero-order valence-corrected chi connectivity index (χ0v) is 23.8. The molecule has 5 aromatic rings. The van der Waals surface area contributed by atoms with Crippen LogP contribution >= 0.6 is 23.1 Å². The summed E-state index contributed by atoms with van der Waals surface area (Å²) in [7, 11) is 2.00. The lowest BCUT2D eigenvalue weighted by Crippen LogP contribution is -2.07. The number of carboxylic acids is 1. The SMILES string of the molecule is Cn1c(Cc2ccsc2)nnc1Sc1ccc(CNc2ccc(CC(=O)O)cc2)c(OCCc2ccccc2)c1. The number of carboxylic acid groups (broad SMARTS) is 1. The molecule has 7 nitrogen and oxygen atoms in total. The molecule has 0 aliphatic carbocycles. The van der Waals surface area contributed by atoms with Crippen molar-refractivity contribution in [3.8, 4) is 5.75 Å². The van der Waals surface area contributed by atoms with Crippen LogP contribution in [-0.2, 0) is 37.6 Å². The van der Waals surface area contributed by atoms with Gasteiger partial charge in [-0.3, -0.25) is 4.79 Å². The topological polar surface area (TPSA) is 89.3 Å². The van der Waals surface area contributed by atoms with E-state index in [1.165, 1.54) is 11.1 Å². The Balaban J connectivity index is 1.29. The fourth-order valence-electron chi connectivity index (χ4n) is 4.18. The van der Waals surface area contributed by atoms with Crippen LogP contribution in [0.25, 0.3) is 0 Å². The number of hydrogen-bond acceptors (Lipinski definition) is 7. The highest BCUT2D eigenvalue weighted by molar-refractivity contribution is 7.99. The van der Waals surface area contributed by atoms with E-state index in [0.717, 1.165) is 51.3 Å². The summed E-state index contributed by atoms with van der Waals surface area (Å²) in [6, 6.07) is 26.1. The largest absolute Gasteiger partial charge is 0.493 e. The molecule has 3 aromatic carbocycles. The van der Waals surface area contributed by atoms with E-state index in [9.17, 15) is 4.79 Å². The van der Waals surface area contributed by atoms with E-state index in [1.54, 1.807) is 23.1 Å². The Morgan fingerprint density at radius 2 is 1.82 bits per heavy atom. The second kappa shape index (κ2) is 13.3. The fourth-order valence-corrected chi connectivity index (χ4v) is 5.69. The normalized spacial score (nSPS) is 10.9. The molecule has 5 rings (SSSR count). The maximum atomic E-state index is 11.0. The Hall–Kier alpha value is -4.08. The summed E-state index contributed by atoms with van der Waals surface area (Å²) in [6.07, 6.45) is 1.58. The van der Waals surface area contributed by atoms with Gasteiger partial charge in [-0.05, 0) is 69.5 Å². The molecule has 0 atom stereocenters. The summed E-state index contributed by atoms with van der Waals surface area (Å²) in [6.45, 7) is 1.13. The van der Waals surface area contributed by atoms with Crippen molar-refractivity contribution in [1.82, 2.24) is 14.8 Å². The van der Waals surface area contributed by atoms with Gasteiger partial charge < -0.3 is 19.7 Å². The highest BCUT2D eigenvalue weighted by Crippen LogP contribution is 2.32. The molecule has 2 aromatic heterocycles. The molecule has 0 saturated heterocycles. The second-order valence-corrected chi connectivity index (χ2v) is 11.2. The van der Waals surface area contributed by atoms with Crippen LogP contribution in [0.5, 0.6) is 5.75 Å². The zero-order valence-electron chi connectivity index (χ0n) is 22.1. The van der Waals surface area contributed by atoms with Gasteiger partial charge in [0.2, 0.25) is 0 Å². The Morgan fingerprint density at radius 3 is 2.58 bits per heavy atom. The third kappa shape index (κ3) is 7.52. The van der Waals surface area contributed by atoms with Crippen molar-refractivity contribution in [3.05, 3.63) is 118 Å². The lowest BCUT2D eigenvalue weighted by atomic mass is 10.1. The quantitative estimate of drug-likeness (QED) is 0.167. The molecule has 0 aliphatic heterocycles. The molecular formula is C31H30N4O3S2. The molecule has 204 valence electrons. The Morgan fingerprint density at radius 1 is 1.00 bits per heavy atom. The zero-order chi connectivity index (χ0) is 27.7. The number of hydrogen-bond donors (Lipinski definition) is 2. The van der Waals surface area contributed by atoms with Crippen molar-refractivity contribution in [3.63, 3.8) is 0 Å². The van der Waals surface area contributed by atoms with Gasteiger partial charge in [0.1, 0.15) is 11.6 Å². The Bertz CT molecular complexity index is 1540. The molecule has 0 spiro atoms. The average Bonchev–Trinajstić information content (AvgIpc) is 3.60. The minimum Gasteiger partial charge on any atom is -0.493 e. The van der Waals surface area contributed by atoms with Crippen molar-refractivity contribution in [1.29, 1.82) is 0 Å². The second-order valence-electron chi connectivity index (χ2n) is 9.34. The maximum absolute atomic E-state index is 11.0. The van der Waals surface area contributed by atoms with Crippen LogP contribution < -0.4 is 10.1 Å². The smallest absolute Gasteiger partial charge is 0.307 e. The van der Waals surface area contributed by atoms with Gasteiger partial charge in [0, 0.05) is 42.6 Å². The van der Waals surface area contributed by atoms with Gasteiger partial charge in [0.15, 0.2) is 5.16 Å². The average molecular weight is 571 g/mol. The molecule has 0 fully saturated rings. The molecule has 9 heteroatoms. The fraction of sp³-hybridized carbons (Fsp3) is 0.194. The third-order valence-corrected chi connectivity index (χ3v) is 8.16. The number of nitrogens with zero attached hydrogens (tertiary/aromatic N) is 3. The van der Waals surface area contributed by atoms with Gasteiger partial charge in [-0.25, -0.2) is 0 Å². The number of aliphatic carboxylic acids is 1. The number of thiophene rings is 1. The van der Waals surface area contributed by atoms with Crippen LogP contribution in [0.4, 0.5) is 5.69 Å². The number of nitrogens with one attached hydrogen (secondary N) is 1. The van der Waals surface area contributed by atoms with Gasteiger partial charge in [0.05, 0.1) is 13.0 Å².